The number of aromatic nitrogens is 4. The van der Waals surface area contributed by atoms with Crippen LogP contribution in [0.5, 0.6) is 5.75 Å². The normalized spacial score (nSPS) is 13.6. The van der Waals surface area contributed by atoms with Gasteiger partial charge in [0, 0.05) is 30.6 Å². The molecule has 0 atom stereocenters. The number of rotatable bonds is 5. The van der Waals surface area contributed by atoms with Gasteiger partial charge in [0.05, 0.1) is 12.7 Å². The van der Waals surface area contributed by atoms with Gasteiger partial charge in [-0.25, -0.2) is 9.97 Å². The van der Waals surface area contributed by atoms with Crippen molar-refractivity contribution in [3.05, 3.63) is 30.5 Å². The van der Waals surface area contributed by atoms with Crippen molar-refractivity contribution in [2.45, 2.75) is 12.8 Å². The van der Waals surface area contributed by atoms with E-state index in [1.165, 1.54) is 0 Å². The van der Waals surface area contributed by atoms with E-state index in [0.717, 1.165) is 18.2 Å². The number of amides is 1. The van der Waals surface area contributed by atoms with E-state index in [4.69, 9.17) is 9.15 Å². The molecule has 1 saturated carbocycles. The zero-order valence-electron chi connectivity index (χ0n) is 15.9. The number of ether oxygens (including phenoxy) is 1. The molecule has 1 aliphatic rings. The molecule has 1 aliphatic carbocycles. The van der Waals surface area contributed by atoms with Crippen LogP contribution < -0.4 is 15.4 Å². The first-order chi connectivity index (χ1) is 14.2. The van der Waals surface area contributed by atoms with Gasteiger partial charge in [-0.2, -0.15) is 0 Å². The summed E-state index contributed by atoms with van der Waals surface area (Å²) in [7, 11) is 3.36. The minimum atomic E-state index is -0.0305. The SMILES string of the molecule is CNc1ncc(-c2nc3ccc(OC)cc3o2)c2cc(NC(=O)C3CC3)nnc12. The Balaban J connectivity index is 1.64. The van der Waals surface area contributed by atoms with E-state index in [2.05, 4.69) is 30.8 Å². The van der Waals surface area contributed by atoms with Crippen LogP contribution >= 0.6 is 0 Å². The number of nitrogens with zero attached hydrogens (tertiary/aromatic N) is 4. The minimum absolute atomic E-state index is 0.0305. The van der Waals surface area contributed by atoms with E-state index < -0.39 is 0 Å². The fourth-order valence-corrected chi connectivity index (χ4v) is 3.17. The fraction of sp³-hybridized carbons (Fsp3) is 0.250. The van der Waals surface area contributed by atoms with Gasteiger partial charge in [0.25, 0.3) is 0 Å². The van der Waals surface area contributed by atoms with Gasteiger partial charge in [0.1, 0.15) is 16.8 Å². The first-order valence-electron chi connectivity index (χ1n) is 9.26. The number of carbonyl (C=O) groups excluding carboxylic acids is 1. The molecular weight excluding hydrogens is 372 g/mol. The molecule has 29 heavy (non-hydrogen) atoms. The summed E-state index contributed by atoms with van der Waals surface area (Å²) in [5.41, 5.74) is 2.53. The van der Waals surface area contributed by atoms with Gasteiger partial charge in [-0.1, -0.05) is 0 Å². The summed E-state index contributed by atoms with van der Waals surface area (Å²) in [6, 6.07) is 7.21. The van der Waals surface area contributed by atoms with E-state index in [-0.39, 0.29) is 11.8 Å². The van der Waals surface area contributed by atoms with Crippen molar-refractivity contribution < 1.29 is 13.9 Å². The Morgan fingerprint density at radius 2 is 2.10 bits per heavy atom. The number of anilines is 2. The molecule has 0 aliphatic heterocycles. The molecule has 2 N–H and O–H groups in total. The maximum absolute atomic E-state index is 12.1. The quantitative estimate of drug-likeness (QED) is 0.534. The first-order valence-corrected chi connectivity index (χ1v) is 9.26. The van der Waals surface area contributed by atoms with Crippen LogP contribution in [0.25, 0.3) is 33.5 Å². The van der Waals surface area contributed by atoms with Crippen LogP contribution in [0.15, 0.2) is 34.9 Å². The van der Waals surface area contributed by atoms with Crippen molar-refractivity contribution >= 4 is 39.5 Å². The summed E-state index contributed by atoms with van der Waals surface area (Å²) < 4.78 is 11.2. The molecule has 1 amide bonds. The third kappa shape index (κ3) is 3.10. The largest absolute Gasteiger partial charge is 0.497 e. The van der Waals surface area contributed by atoms with Gasteiger partial charge in [0.2, 0.25) is 11.8 Å². The molecule has 3 heterocycles. The second-order valence-electron chi connectivity index (χ2n) is 6.88. The minimum Gasteiger partial charge on any atom is -0.497 e. The number of benzene rings is 1. The van der Waals surface area contributed by atoms with Crippen molar-refractivity contribution in [2.24, 2.45) is 5.92 Å². The van der Waals surface area contributed by atoms with Crippen LogP contribution in [0, 0.1) is 5.92 Å². The summed E-state index contributed by atoms with van der Waals surface area (Å²) in [4.78, 5) is 21.1. The summed E-state index contributed by atoms with van der Waals surface area (Å²) in [5.74, 6) is 2.10. The van der Waals surface area contributed by atoms with Crippen molar-refractivity contribution in [3.63, 3.8) is 0 Å². The smallest absolute Gasteiger partial charge is 0.229 e. The Kier molecular flexibility index (Phi) is 4.01. The van der Waals surface area contributed by atoms with E-state index in [0.29, 0.717) is 45.5 Å². The molecule has 3 aromatic heterocycles. The highest BCUT2D eigenvalue weighted by molar-refractivity contribution is 6.01. The average molecular weight is 390 g/mol. The molecule has 9 heteroatoms. The second kappa shape index (κ2) is 6.69. The number of fused-ring (bicyclic) bond motifs is 2. The number of hydrogen-bond acceptors (Lipinski definition) is 8. The average Bonchev–Trinajstić information content (AvgIpc) is 3.51. The van der Waals surface area contributed by atoms with Gasteiger partial charge in [-0.05, 0) is 31.0 Å². The third-order valence-corrected chi connectivity index (χ3v) is 4.89. The van der Waals surface area contributed by atoms with Gasteiger partial charge in [-0.15, -0.1) is 10.2 Å². The van der Waals surface area contributed by atoms with Crippen LogP contribution in [0.2, 0.25) is 0 Å². The van der Waals surface area contributed by atoms with Crippen LogP contribution in [0.4, 0.5) is 11.6 Å². The van der Waals surface area contributed by atoms with Crippen molar-refractivity contribution in [1.82, 2.24) is 20.2 Å². The van der Waals surface area contributed by atoms with Gasteiger partial charge in [0.15, 0.2) is 17.2 Å². The predicted molar refractivity (Wildman–Crippen MR) is 108 cm³/mol. The van der Waals surface area contributed by atoms with Crippen molar-refractivity contribution in [3.8, 4) is 17.2 Å². The molecule has 9 nitrogen and oxygen atoms in total. The maximum atomic E-state index is 12.1. The summed E-state index contributed by atoms with van der Waals surface area (Å²) >= 11 is 0. The maximum Gasteiger partial charge on any atom is 0.229 e. The van der Waals surface area contributed by atoms with Gasteiger partial charge >= 0.3 is 0 Å². The molecule has 0 unspecified atom stereocenters. The van der Waals surface area contributed by atoms with Crippen molar-refractivity contribution in [2.75, 3.05) is 24.8 Å². The number of hydrogen-bond donors (Lipinski definition) is 2. The van der Waals surface area contributed by atoms with E-state index in [9.17, 15) is 4.79 Å². The number of nitrogens with one attached hydrogen (secondary N) is 2. The molecule has 0 spiro atoms. The van der Waals surface area contributed by atoms with Crippen LogP contribution in [0.1, 0.15) is 12.8 Å². The summed E-state index contributed by atoms with van der Waals surface area (Å²) in [5, 5.41) is 15.0. The Morgan fingerprint density at radius 3 is 2.86 bits per heavy atom. The van der Waals surface area contributed by atoms with Gasteiger partial charge in [-0.3, -0.25) is 4.79 Å². The zero-order chi connectivity index (χ0) is 20.0. The molecular formula is C20H18N6O3. The number of carbonyl (C=O) groups is 1. The lowest BCUT2D eigenvalue weighted by Crippen LogP contribution is -2.14. The van der Waals surface area contributed by atoms with Crippen LogP contribution in [0.3, 0.4) is 0 Å². The Bertz CT molecular complexity index is 1250. The van der Waals surface area contributed by atoms with Crippen LogP contribution in [-0.2, 0) is 4.79 Å². The Hall–Kier alpha value is -3.75. The molecule has 0 saturated heterocycles. The molecule has 1 aromatic carbocycles. The lowest BCUT2D eigenvalue weighted by atomic mass is 10.1. The lowest BCUT2D eigenvalue weighted by Gasteiger charge is -2.09. The zero-order valence-corrected chi connectivity index (χ0v) is 15.9. The third-order valence-electron chi connectivity index (χ3n) is 4.89. The Labute approximate surface area is 165 Å². The molecule has 0 radical (unpaired) electrons. The van der Waals surface area contributed by atoms with E-state index >= 15 is 0 Å². The number of pyridine rings is 1. The highest BCUT2D eigenvalue weighted by Crippen LogP contribution is 2.34. The standard InChI is InChI=1S/C20H18N6O3/c1-21-18-17-12(8-16(25-26-17)24-19(27)10-3-4-10)13(9-22-18)20-23-14-6-5-11(28-2)7-15(14)29-20/h5-10H,3-4H2,1-2H3,(H,21,22)(H,24,25,27). The van der Waals surface area contributed by atoms with Gasteiger partial charge < -0.3 is 19.8 Å². The first kappa shape index (κ1) is 17.4. The summed E-state index contributed by atoms with van der Waals surface area (Å²) in [6.45, 7) is 0. The topological polar surface area (TPSA) is 115 Å². The lowest BCUT2D eigenvalue weighted by molar-refractivity contribution is -0.117. The predicted octanol–water partition coefficient (Wildman–Crippen LogP) is 3.23. The Morgan fingerprint density at radius 1 is 1.24 bits per heavy atom. The summed E-state index contributed by atoms with van der Waals surface area (Å²) in [6.07, 6.45) is 3.50. The van der Waals surface area contributed by atoms with E-state index in [1.54, 1.807) is 32.5 Å². The van der Waals surface area contributed by atoms with E-state index in [1.807, 2.05) is 12.1 Å². The molecule has 4 aromatic rings. The fourth-order valence-electron chi connectivity index (χ4n) is 3.17. The molecule has 0 bridgehead atoms. The highest BCUT2D eigenvalue weighted by Gasteiger charge is 2.30. The monoisotopic (exact) mass is 390 g/mol. The van der Waals surface area contributed by atoms with Crippen LogP contribution in [-0.4, -0.2) is 40.2 Å². The number of methoxy groups -OCH3 is 1. The van der Waals surface area contributed by atoms with Crippen molar-refractivity contribution in [1.29, 1.82) is 0 Å². The molecule has 1 fully saturated rings. The molecule has 5 rings (SSSR count). The molecule has 146 valence electrons. The number of oxazole rings is 1. The highest BCUT2D eigenvalue weighted by atomic mass is 16.5. The second-order valence-corrected chi connectivity index (χ2v) is 6.88.